The second-order valence-corrected chi connectivity index (χ2v) is 14.1. The van der Waals surface area contributed by atoms with Gasteiger partial charge in [0.15, 0.2) is 5.65 Å². The van der Waals surface area contributed by atoms with Crippen molar-refractivity contribution in [2.75, 3.05) is 50.4 Å². The molecular formula is C32H36BrN9O3S. The number of piperazine rings is 1. The normalized spacial score (nSPS) is 14.6. The average Bonchev–Trinajstić information content (AvgIpc) is 3.56. The fraction of sp³-hybridized carbons (Fsp3) is 0.281. The summed E-state index contributed by atoms with van der Waals surface area (Å²) in [5.41, 5.74) is 7.98. The molecule has 12 nitrogen and oxygen atoms in total. The number of carbonyl (C=O) groups is 1. The number of nitrogens with one attached hydrogen (secondary N) is 3. The molecule has 4 heterocycles. The molecule has 0 atom stereocenters. The number of H-pyrrole nitrogens is 1. The number of anilines is 3. The molecular weight excluding hydrogens is 670 g/mol. The Morgan fingerprint density at radius 2 is 1.80 bits per heavy atom. The van der Waals surface area contributed by atoms with E-state index in [1.807, 2.05) is 32.0 Å². The van der Waals surface area contributed by atoms with Crippen LogP contribution in [0.4, 0.5) is 17.1 Å². The number of aromatic nitrogens is 4. The highest BCUT2D eigenvalue weighted by Crippen LogP contribution is 2.36. The van der Waals surface area contributed by atoms with Crippen LogP contribution in [0.1, 0.15) is 17.0 Å². The van der Waals surface area contributed by atoms with E-state index >= 15 is 0 Å². The van der Waals surface area contributed by atoms with Gasteiger partial charge in [0.25, 0.3) is 0 Å². The van der Waals surface area contributed by atoms with Gasteiger partial charge in [-0.05, 0) is 85.7 Å². The number of hydrogen-bond donors (Lipinski definition) is 4. The number of aromatic amines is 1. The zero-order valence-corrected chi connectivity index (χ0v) is 28.5. The van der Waals surface area contributed by atoms with Crippen LogP contribution >= 0.6 is 15.9 Å². The van der Waals surface area contributed by atoms with Crippen molar-refractivity contribution in [3.63, 3.8) is 0 Å². The van der Waals surface area contributed by atoms with Crippen molar-refractivity contribution in [3.05, 3.63) is 76.2 Å². The molecule has 2 aromatic carbocycles. The van der Waals surface area contributed by atoms with Gasteiger partial charge in [-0.3, -0.25) is 9.69 Å². The summed E-state index contributed by atoms with van der Waals surface area (Å²) in [6, 6.07) is 14.3. The van der Waals surface area contributed by atoms with Gasteiger partial charge in [0, 0.05) is 60.7 Å². The number of halogens is 1. The van der Waals surface area contributed by atoms with E-state index in [9.17, 15) is 13.2 Å². The molecule has 240 valence electrons. The number of pyridine rings is 1. The van der Waals surface area contributed by atoms with Crippen LogP contribution in [0.3, 0.4) is 0 Å². The first-order valence-corrected chi connectivity index (χ1v) is 17.2. The van der Waals surface area contributed by atoms with E-state index in [-0.39, 0.29) is 10.8 Å². The molecule has 3 aromatic heterocycles. The number of likely N-dealkylation sites (N-methyl/N-ethyl adjacent to an activating group) is 1. The number of rotatable bonds is 8. The van der Waals surface area contributed by atoms with Crippen LogP contribution in [-0.2, 0) is 14.8 Å². The lowest BCUT2D eigenvalue weighted by Crippen LogP contribution is -2.47. The van der Waals surface area contributed by atoms with Gasteiger partial charge in [-0.1, -0.05) is 12.1 Å². The number of nitrogens with zero attached hydrogens (tertiary/aromatic N) is 5. The van der Waals surface area contributed by atoms with Crippen molar-refractivity contribution in [1.29, 1.82) is 0 Å². The molecule has 0 saturated carbocycles. The topological polar surface area (TPSA) is 154 Å². The molecule has 1 amide bonds. The third-order valence-electron chi connectivity index (χ3n) is 8.29. The summed E-state index contributed by atoms with van der Waals surface area (Å²) >= 11 is 3.57. The third-order valence-corrected chi connectivity index (χ3v) is 9.80. The summed E-state index contributed by atoms with van der Waals surface area (Å²) in [5, 5.41) is 11.7. The smallest absolute Gasteiger partial charge is 0.238 e. The Kier molecular flexibility index (Phi) is 8.74. The fourth-order valence-electron chi connectivity index (χ4n) is 5.79. The van der Waals surface area contributed by atoms with Crippen LogP contribution in [0, 0.1) is 20.8 Å². The first-order valence-electron chi connectivity index (χ1n) is 14.8. The molecule has 6 rings (SSSR count). The number of hydrogen-bond acceptors (Lipinski definition) is 8. The van der Waals surface area contributed by atoms with E-state index in [4.69, 9.17) is 10.1 Å². The lowest BCUT2D eigenvalue weighted by Gasteiger charge is -2.31. The van der Waals surface area contributed by atoms with Gasteiger partial charge in [-0.15, -0.1) is 0 Å². The number of fused-ring (bicyclic) bond motifs is 1. The number of primary sulfonamides is 1. The number of imidazole rings is 1. The predicted molar refractivity (Wildman–Crippen MR) is 184 cm³/mol. The maximum absolute atomic E-state index is 12.9. The van der Waals surface area contributed by atoms with Crippen molar-refractivity contribution in [3.8, 4) is 17.1 Å². The standard InChI is InChI=1S/C32H36BrN9O3S/c1-19-8-9-23(36-28(43)18-41-12-10-40(4)11-13-41)16-27(19)42-20(2)14-25(21(42)3)31-38-30-29(26(33)17-35-32(30)39-31)37-22-6-5-7-24(15-22)46(34,44)45/h5-9,14-17H,10-13,18H2,1-4H3,(H,36,43)(H2,34,44,45)(H2,35,37,38,39). The van der Waals surface area contributed by atoms with Crippen molar-refractivity contribution < 1.29 is 13.2 Å². The lowest BCUT2D eigenvalue weighted by atomic mass is 10.1. The largest absolute Gasteiger partial charge is 0.353 e. The minimum Gasteiger partial charge on any atom is -0.353 e. The summed E-state index contributed by atoms with van der Waals surface area (Å²) in [6.07, 6.45) is 1.65. The highest BCUT2D eigenvalue weighted by atomic mass is 79.9. The maximum atomic E-state index is 12.9. The quantitative estimate of drug-likeness (QED) is 0.182. The fourth-order valence-corrected chi connectivity index (χ4v) is 6.75. The van der Waals surface area contributed by atoms with Crippen LogP contribution < -0.4 is 15.8 Å². The van der Waals surface area contributed by atoms with E-state index < -0.39 is 10.0 Å². The van der Waals surface area contributed by atoms with Crippen LogP contribution in [0.2, 0.25) is 0 Å². The summed E-state index contributed by atoms with van der Waals surface area (Å²) in [6.45, 7) is 10.2. The Hall–Kier alpha value is -4.08. The lowest BCUT2D eigenvalue weighted by molar-refractivity contribution is -0.117. The molecule has 46 heavy (non-hydrogen) atoms. The number of sulfonamides is 1. The third kappa shape index (κ3) is 6.57. The van der Waals surface area contributed by atoms with Gasteiger partial charge in [-0.2, -0.15) is 0 Å². The van der Waals surface area contributed by atoms with Crippen LogP contribution in [0.25, 0.3) is 28.2 Å². The predicted octanol–water partition coefficient (Wildman–Crippen LogP) is 4.68. The molecule has 1 fully saturated rings. The molecule has 14 heteroatoms. The number of nitrogens with two attached hydrogens (primary N) is 1. The van der Waals surface area contributed by atoms with Gasteiger partial charge in [-0.25, -0.2) is 23.5 Å². The van der Waals surface area contributed by atoms with Crippen molar-refractivity contribution in [2.45, 2.75) is 25.7 Å². The number of carbonyl (C=O) groups excluding carboxylic acids is 1. The second-order valence-electron chi connectivity index (χ2n) is 11.7. The maximum Gasteiger partial charge on any atom is 0.238 e. The molecule has 0 spiro atoms. The highest BCUT2D eigenvalue weighted by Gasteiger charge is 2.21. The number of aryl methyl sites for hydroxylation is 2. The molecule has 0 aliphatic carbocycles. The molecule has 0 unspecified atom stereocenters. The van der Waals surface area contributed by atoms with Crippen molar-refractivity contribution >= 4 is 60.1 Å². The first-order chi connectivity index (χ1) is 21.9. The molecule has 0 radical (unpaired) electrons. The minimum atomic E-state index is -3.86. The monoisotopic (exact) mass is 705 g/mol. The van der Waals surface area contributed by atoms with E-state index in [0.29, 0.717) is 39.4 Å². The Bertz CT molecular complexity index is 2060. The van der Waals surface area contributed by atoms with Gasteiger partial charge >= 0.3 is 0 Å². The zero-order chi connectivity index (χ0) is 32.7. The van der Waals surface area contributed by atoms with Gasteiger partial charge in [0.2, 0.25) is 15.9 Å². The van der Waals surface area contributed by atoms with E-state index in [1.54, 1.807) is 18.3 Å². The number of benzene rings is 2. The summed E-state index contributed by atoms with van der Waals surface area (Å²) in [7, 11) is -1.76. The Morgan fingerprint density at radius 3 is 2.54 bits per heavy atom. The Balaban J connectivity index is 1.29. The van der Waals surface area contributed by atoms with Crippen molar-refractivity contribution in [2.24, 2.45) is 5.14 Å². The second kappa shape index (κ2) is 12.6. The van der Waals surface area contributed by atoms with Crippen LogP contribution in [0.15, 0.2) is 64.1 Å². The molecule has 1 aliphatic rings. The van der Waals surface area contributed by atoms with E-state index in [1.165, 1.54) is 12.1 Å². The minimum absolute atomic E-state index is 0.00521. The number of amides is 1. The summed E-state index contributed by atoms with van der Waals surface area (Å²) in [5.74, 6) is 0.610. The van der Waals surface area contributed by atoms with E-state index in [2.05, 4.69) is 70.9 Å². The Labute approximate surface area is 276 Å². The average molecular weight is 707 g/mol. The van der Waals surface area contributed by atoms with Gasteiger partial charge in [0.1, 0.15) is 11.3 Å². The van der Waals surface area contributed by atoms with Crippen LogP contribution in [0.5, 0.6) is 0 Å². The molecule has 5 N–H and O–H groups in total. The molecule has 5 aromatic rings. The summed E-state index contributed by atoms with van der Waals surface area (Å²) in [4.78, 5) is 30.1. The van der Waals surface area contributed by atoms with Crippen molar-refractivity contribution in [1.82, 2.24) is 29.3 Å². The molecule has 1 aliphatic heterocycles. The zero-order valence-electron chi connectivity index (χ0n) is 26.1. The van der Waals surface area contributed by atoms with Gasteiger partial charge < -0.3 is 25.1 Å². The molecule has 1 saturated heterocycles. The first kappa shape index (κ1) is 31.9. The summed E-state index contributed by atoms with van der Waals surface area (Å²) < 4.78 is 26.6. The highest BCUT2D eigenvalue weighted by molar-refractivity contribution is 9.10. The SMILES string of the molecule is Cc1ccc(NC(=O)CN2CCN(C)CC2)cc1-n1c(C)cc(-c2nc3ncc(Br)c(Nc4cccc(S(N)(=O)=O)c4)c3[nH]2)c1C. The molecule has 0 bridgehead atoms. The van der Waals surface area contributed by atoms with Crippen LogP contribution in [-0.4, -0.2) is 83.4 Å². The Morgan fingerprint density at radius 1 is 1.04 bits per heavy atom. The van der Waals surface area contributed by atoms with E-state index in [0.717, 1.165) is 60.1 Å². The van der Waals surface area contributed by atoms with Gasteiger partial charge in [0.05, 0.1) is 27.3 Å².